The van der Waals surface area contributed by atoms with E-state index in [1.165, 1.54) is 18.3 Å². The summed E-state index contributed by atoms with van der Waals surface area (Å²) in [6.45, 7) is 5.01. The minimum atomic E-state index is -4.80. The van der Waals surface area contributed by atoms with Crippen LogP contribution in [0.3, 0.4) is 0 Å². The molecule has 1 aliphatic carbocycles. The molecule has 0 saturated heterocycles. The number of aliphatic hydroxyl groups excluding tert-OH is 1. The maximum absolute atomic E-state index is 12.4. The van der Waals surface area contributed by atoms with Crippen LogP contribution >= 0.6 is 0 Å². The Hall–Kier alpha value is -3.54. The summed E-state index contributed by atoms with van der Waals surface area (Å²) in [4.78, 5) is 16.4. The van der Waals surface area contributed by atoms with E-state index >= 15 is 0 Å². The smallest absolute Gasteiger partial charge is 0.444 e. The molecule has 3 rings (SSSR count). The minimum absolute atomic E-state index is 0.00409. The van der Waals surface area contributed by atoms with Gasteiger partial charge in [-0.15, -0.1) is 13.2 Å². The normalized spacial score (nSPS) is 17.7. The third kappa shape index (κ3) is 8.02. The van der Waals surface area contributed by atoms with Crippen LogP contribution in [0.1, 0.15) is 39.2 Å². The van der Waals surface area contributed by atoms with Crippen LogP contribution in [0.4, 0.5) is 35.2 Å². The number of alkyl carbamates (subject to hydrolysis) is 1. The zero-order chi connectivity index (χ0) is 25.8. The monoisotopic (exact) mass is 495 g/mol. The number of anilines is 3. The predicted octanol–water partition coefficient (Wildman–Crippen LogP) is 4.55. The summed E-state index contributed by atoms with van der Waals surface area (Å²) in [7, 11) is 0. The van der Waals surface area contributed by atoms with Gasteiger partial charge in [0, 0.05) is 23.6 Å². The summed E-state index contributed by atoms with van der Waals surface area (Å²) in [5.41, 5.74) is 0.656. The van der Waals surface area contributed by atoms with Crippen molar-refractivity contribution in [3.05, 3.63) is 42.1 Å². The molecule has 9 nitrogen and oxygen atoms in total. The maximum Gasteiger partial charge on any atom is 0.573 e. The van der Waals surface area contributed by atoms with Gasteiger partial charge in [-0.3, -0.25) is 0 Å². The number of hydrogen-bond acceptors (Lipinski definition) is 8. The van der Waals surface area contributed by atoms with Crippen LogP contribution < -0.4 is 20.7 Å². The van der Waals surface area contributed by atoms with E-state index in [1.54, 1.807) is 26.8 Å². The number of rotatable bonds is 8. The third-order valence-corrected chi connectivity index (χ3v) is 4.88. The van der Waals surface area contributed by atoms with Crippen LogP contribution in [0.15, 0.2) is 36.5 Å². The summed E-state index contributed by atoms with van der Waals surface area (Å²) >= 11 is 0. The number of halogens is 3. The molecular formula is C23H28F3N5O4. The average Bonchev–Trinajstić information content (AvgIpc) is 2.70. The number of carbonyl (C=O) groups is 1. The summed E-state index contributed by atoms with van der Waals surface area (Å²) in [6.07, 6.45) is -3.25. The summed E-state index contributed by atoms with van der Waals surface area (Å²) in [6, 6.07) is 6.76. The Bertz CT molecular complexity index is 1050. The van der Waals surface area contributed by atoms with Crippen LogP contribution in [0.25, 0.3) is 0 Å². The Kier molecular flexibility index (Phi) is 7.73. The number of pyridine rings is 1. The molecule has 1 aromatic heterocycles. The minimum Gasteiger partial charge on any atom is -0.444 e. The quantitative estimate of drug-likeness (QED) is 0.340. The van der Waals surface area contributed by atoms with E-state index in [0.29, 0.717) is 29.8 Å². The van der Waals surface area contributed by atoms with Gasteiger partial charge in [0.25, 0.3) is 0 Å². The highest BCUT2D eigenvalue weighted by molar-refractivity contribution is 6.09. The highest BCUT2D eigenvalue weighted by Gasteiger charge is 2.31. The lowest BCUT2D eigenvalue weighted by Gasteiger charge is -2.33. The zero-order valence-corrected chi connectivity index (χ0v) is 19.5. The van der Waals surface area contributed by atoms with Crippen LogP contribution in [-0.2, 0) is 4.74 Å². The molecule has 1 aliphatic rings. The molecule has 1 heterocycles. The lowest BCUT2D eigenvalue weighted by Crippen LogP contribution is -2.40. The van der Waals surface area contributed by atoms with Crippen molar-refractivity contribution in [1.82, 2.24) is 10.3 Å². The molecule has 190 valence electrons. The molecule has 0 spiro atoms. The second-order valence-corrected chi connectivity index (χ2v) is 9.08. The van der Waals surface area contributed by atoms with E-state index in [-0.39, 0.29) is 36.0 Å². The van der Waals surface area contributed by atoms with Gasteiger partial charge >= 0.3 is 12.5 Å². The van der Waals surface area contributed by atoms with Gasteiger partial charge in [0.15, 0.2) is 0 Å². The Morgan fingerprint density at radius 1 is 1.17 bits per heavy atom. The molecule has 1 fully saturated rings. The predicted molar refractivity (Wildman–Crippen MR) is 124 cm³/mol. The SMILES string of the molecule is CC(C)(C)OC(=O)NCC(=N)c1c(NC2CC(O)C2)ccnc1Nc1ccc(OC(F)(F)F)cc1. The van der Waals surface area contributed by atoms with Gasteiger partial charge in [0.05, 0.1) is 23.9 Å². The third-order valence-electron chi connectivity index (χ3n) is 4.88. The Balaban J connectivity index is 1.81. The first-order valence-corrected chi connectivity index (χ1v) is 10.9. The van der Waals surface area contributed by atoms with Crippen molar-refractivity contribution >= 4 is 29.0 Å². The van der Waals surface area contributed by atoms with E-state index in [9.17, 15) is 23.1 Å². The molecule has 0 unspecified atom stereocenters. The lowest BCUT2D eigenvalue weighted by molar-refractivity contribution is -0.274. The van der Waals surface area contributed by atoms with Gasteiger partial charge in [0.1, 0.15) is 17.2 Å². The first kappa shape index (κ1) is 26.1. The standard InChI is InChI=1S/C23H28F3N5O4/c1-22(2,3)35-21(33)29-12-17(27)19-18(30-14-10-15(32)11-14)8-9-28-20(19)31-13-4-6-16(7-5-13)34-23(24,25)26/h4-9,14-15,27,32H,10-12H2,1-3H3,(H,29,33)(H2,28,30,31). The van der Waals surface area contributed by atoms with Crippen molar-refractivity contribution in [3.8, 4) is 5.75 Å². The number of ether oxygens (including phenoxy) is 2. The zero-order valence-electron chi connectivity index (χ0n) is 19.5. The number of aromatic nitrogens is 1. The lowest BCUT2D eigenvalue weighted by atomic mass is 9.89. The molecule has 0 bridgehead atoms. The van der Waals surface area contributed by atoms with E-state index < -0.39 is 18.1 Å². The number of aliphatic hydroxyl groups is 1. The Morgan fingerprint density at radius 3 is 2.40 bits per heavy atom. The molecule has 12 heteroatoms. The van der Waals surface area contributed by atoms with Crippen LogP contribution in [0, 0.1) is 5.41 Å². The van der Waals surface area contributed by atoms with Crippen LogP contribution in [0.5, 0.6) is 5.75 Å². The number of alkyl halides is 3. The number of benzene rings is 1. The molecule has 0 atom stereocenters. The van der Waals surface area contributed by atoms with Gasteiger partial charge in [-0.25, -0.2) is 9.78 Å². The largest absolute Gasteiger partial charge is 0.573 e. The van der Waals surface area contributed by atoms with Crippen molar-refractivity contribution in [3.63, 3.8) is 0 Å². The van der Waals surface area contributed by atoms with E-state index in [1.807, 2.05) is 0 Å². The van der Waals surface area contributed by atoms with E-state index in [4.69, 9.17) is 10.1 Å². The maximum atomic E-state index is 12.4. The topological polar surface area (TPSA) is 129 Å². The van der Waals surface area contributed by atoms with Gasteiger partial charge in [-0.2, -0.15) is 0 Å². The molecule has 1 aromatic carbocycles. The second-order valence-electron chi connectivity index (χ2n) is 9.08. The average molecular weight is 496 g/mol. The van der Waals surface area contributed by atoms with Crippen LogP contribution in [0.2, 0.25) is 0 Å². The molecule has 1 amide bonds. The summed E-state index contributed by atoms with van der Waals surface area (Å²) in [5.74, 6) is -0.111. The number of hydrogen-bond donors (Lipinski definition) is 5. The fraction of sp³-hybridized carbons (Fsp3) is 0.435. The fourth-order valence-electron chi connectivity index (χ4n) is 3.35. The summed E-state index contributed by atoms with van der Waals surface area (Å²) in [5, 5.41) is 27.0. The molecular weight excluding hydrogens is 467 g/mol. The van der Waals surface area contributed by atoms with Gasteiger partial charge < -0.3 is 35.9 Å². The Labute approximate surface area is 200 Å². The first-order valence-electron chi connectivity index (χ1n) is 10.9. The van der Waals surface area contributed by atoms with Crippen molar-refractivity contribution in [2.45, 2.75) is 57.7 Å². The van der Waals surface area contributed by atoms with Gasteiger partial charge in [0.2, 0.25) is 0 Å². The fourth-order valence-corrected chi connectivity index (χ4v) is 3.35. The first-order chi connectivity index (χ1) is 16.3. The van der Waals surface area contributed by atoms with Crippen molar-refractivity contribution < 1.29 is 32.5 Å². The second kappa shape index (κ2) is 10.4. The van der Waals surface area contributed by atoms with Gasteiger partial charge in [-0.05, 0) is 63.9 Å². The van der Waals surface area contributed by atoms with E-state index in [0.717, 1.165) is 12.1 Å². The van der Waals surface area contributed by atoms with E-state index in [2.05, 4.69) is 25.7 Å². The molecule has 0 radical (unpaired) electrons. The Morgan fingerprint density at radius 2 is 1.83 bits per heavy atom. The summed E-state index contributed by atoms with van der Waals surface area (Å²) < 4.78 is 46.4. The van der Waals surface area contributed by atoms with Crippen molar-refractivity contribution in [2.75, 3.05) is 17.2 Å². The number of nitrogens with zero attached hydrogens (tertiary/aromatic N) is 1. The highest BCUT2D eigenvalue weighted by atomic mass is 19.4. The molecule has 1 saturated carbocycles. The molecule has 2 aromatic rings. The van der Waals surface area contributed by atoms with Crippen LogP contribution in [-0.4, -0.2) is 52.5 Å². The highest BCUT2D eigenvalue weighted by Crippen LogP contribution is 2.31. The molecule has 35 heavy (non-hydrogen) atoms. The molecule has 0 aliphatic heterocycles. The van der Waals surface area contributed by atoms with Crippen molar-refractivity contribution in [2.24, 2.45) is 0 Å². The van der Waals surface area contributed by atoms with Crippen molar-refractivity contribution in [1.29, 1.82) is 5.41 Å². The number of amides is 1. The number of nitrogens with one attached hydrogen (secondary N) is 4. The van der Waals surface area contributed by atoms with Gasteiger partial charge in [-0.1, -0.05) is 0 Å². The molecule has 5 N–H and O–H groups in total. The number of carbonyl (C=O) groups excluding carboxylic acids is 1.